The first-order valence-electron chi connectivity index (χ1n) is 8.36. The van der Waals surface area contributed by atoms with Crippen molar-refractivity contribution in [3.05, 3.63) is 0 Å². The van der Waals surface area contributed by atoms with Gasteiger partial charge >= 0.3 is 0 Å². The van der Waals surface area contributed by atoms with Crippen LogP contribution < -0.4 is 0 Å². The van der Waals surface area contributed by atoms with Crippen molar-refractivity contribution in [1.82, 2.24) is 0 Å². The molecule has 0 rings (SSSR count). The zero-order valence-electron chi connectivity index (χ0n) is 15.4. The van der Waals surface area contributed by atoms with Gasteiger partial charge in [-0.1, -0.05) is 55.4 Å². The van der Waals surface area contributed by atoms with Gasteiger partial charge in [-0.05, 0) is 49.4 Å². The first-order chi connectivity index (χ1) is 8.70. The molecule has 0 saturated heterocycles. The summed E-state index contributed by atoms with van der Waals surface area (Å²) in [5.74, 6) is 2.90. The van der Waals surface area contributed by atoms with E-state index in [9.17, 15) is 0 Å². The molecule has 0 atom stereocenters. The summed E-state index contributed by atoms with van der Waals surface area (Å²) < 4.78 is 6.49. The molecule has 0 unspecified atom stereocenters. The summed E-state index contributed by atoms with van der Waals surface area (Å²) in [6, 6.07) is 0. The van der Waals surface area contributed by atoms with Crippen LogP contribution in [0.25, 0.3) is 0 Å². The Labute approximate surface area is 169 Å². The maximum atomic E-state index is 6.49. The van der Waals surface area contributed by atoms with Crippen molar-refractivity contribution >= 4 is 48.9 Å². The van der Waals surface area contributed by atoms with E-state index >= 15 is 0 Å². The Hall–Kier alpha value is 1.53. The molecule has 20 heavy (non-hydrogen) atoms. The fourth-order valence-corrected chi connectivity index (χ4v) is 2.79. The van der Waals surface area contributed by atoms with Crippen LogP contribution in [0.3, 0.4) is 0 Å². The predicted octanol–water partition coefficient (Wildman–Crippen LogP) is 5.54. The van der Waals surface area contributed by atoms with Crippen LogP contribution in [0.4, 0.5) is 0 Å². The van der Waals surface area contributed by atoms with Crippen molar-refractivity contribution in [2.75, 3.05) is 0 Å². The first kappa shape index (κ1) is 23.8. The van der Waals surface area contributed by atoms with Crippen LogP contribution in [0.2, 0.25) is 0 Å². The number of rotatable bonds is 10. The van der Waals surface area contributed by atoms with E-state index in [-0.39, 0.29) is 48.9 Å². The Morgan fingerprint density at radius 3 is 0.850 bits per heavy atom. The normalized spacial score (nSPS) is 12.3. The molecule has 0 aliphatic carbocycles. The van der Waals surface area contributed by atoms with E-state index in [1.807, 2.05) is 0 Å². The van der Waals surface area contributed by atoms with E-state index in [1.165, 1.54) is 25.7 Å². The van der Waals surface area contributed by atoms with Gasteiger partial charge in [0, 0.05) is 48.9 Å². The molecule has 1 nitrogen and oxygen atoms in total. The summed E-state index contributed by atoms with van der Waals surface area (Å²) in [5.41, 5.74) is 0. The molecular formula is C18H38BaO. The quantitative estimate of drug-likeness (QED) is 0.432. The number of hydrogen-bond acceptors (Lipinski definition) is 1. The van der Waals surface area contributed by atoms with Gasteiger partial charge in [-0.15, -0.1) is 0 Å². The van der Waals surface area contributed by atoms with Crippen LogP contribution in [-0.2, 0) is 4.74 Å². The Morgan fingerprint density at radius 2 is 0.700 bits per heavy atom. The second-order valence-electron chi connectivity index (χ2n) is 7.90. The van der Waals surface area contributed by atoms with Gasteiger partial charge in [0.25, 0.3) is 0 Å². The predicted molar refractivity (Wildman–Crippen MR) is 92.2 cm³/mol. The zero-order valence-corrected chi connectivity index (χ0v) is 19.8. The van der Waals surface area contributed by atoms with E-state index in [1.54, 1.807) is 0 Å². The minimum Gasteiger partial charge on any atom is -0.375 e. The third-order valence-electron chi connectivity index (χ3n) is 3.32. The SMILES string of the molecule is CC(C)CC(CC(C)C)OC(CC(C)C)CC(C)C.[Ba]. The first-order valence-corrected chi connectivity index (χ1v) is 8.36. The average Bonchev–Trinajstić information content (AvgIpc) is 2.11. The molecule has 0 amide bonds. The van der Waals surface area contributed by atoms with Crippen LogP contribution in [0.15, 0.2) is 0 Å². The number of hydrogen-bond donors (Lipinski definition) is 0. The molecule has 0 fully saturated rings. The zero-order chi connectivity index (χ0) is 15.0. The van der Waals surface area contributed by atoms with Crippen molar-refractivity contribution in [2.24, 2.45) is 23.7 Å². The molecule has 0 aliphatic rings. The average molecular weight is 408 g/mol. The van der Waals surface area contributed by atoms with Gasteiger partial charge in [0.1, 0.15) is 0 Å². The maximum absolute atomic E-state index is 6.49. The van der Waals surface area contributed by atoms with Gasteiger partial charge in [-0.25, -0.2) is 0 Å². The minimum absolute atomic E-state index is 0. The van der Waals surface area contributed by atoms with Gasteiger partial charge in [0.2, 0.25) is 0 Å². The summed E-state index contributed by atoms with van der Waals surface area (Å²) in [6.07, 6.45) is 5.69. The third kappa shape index (κ3) is 14.5. The molecule has 118 valence electrons. The second kappa shape index (κ2) is 13.0. The number of ether oxygens (including phenoxy) is 1. The topological polar surface area (TPSA) is 9.23 Å². The van der Waals surface area contributed by atoms with Gasteiger partial charge in [0.15, 0.2) is 0 Å². The van der Waals surface area contributed by atoms with Crippen LogP contribution in [-0.4, -0.2) is 61.1 Å². The molecule has 2 radical (unpaired) electrons. The van der Waals surface area contributed by atoms with Crippen molar-refractivity contribution in [2.45, 2.75) is 93.3 Å². The Morgan fingerprint density at radius 1 is 0.500 bits per heavy atom. The van der Waals surface area contributed by atoms with Crippen LogP contribution >= 0.6 is 0 Å². The molecule has 0 aliphatic heterocycles. The molecule has 0 saturated carbocycles. The van der Waals surface area contributed by atoms with Gasteiger partial charge in [-0.3, -0.25) is 0 Å². The molecule has 0 N–H and O–H groups in total. The fraction of sp³-hybridized carbons (Fsp3) is 1.00. The van der Waals surface area contributed by atoms with E-state index in [4.69, 9.17) is 4.74 Å². The Kier molecular flexibility index (Phi) is 15.5. The van der Waals surface area contributed by atoms with Gasteiger partial charge < -0.3 is 4.74 Å². The summed E-state index contributed by atoms with van der Waals surface area (Å²) in [5, 5.41) is 0. The van der Waals surface area contributed by atoms with Crippen molar-refractivity contribution in [1.29, 1.82) is 0 Å². The van der Waals surface area contributed by atoms with E-state index in [0.717, 1.165) is 23.7 Å². The second-order valence-corrected chi connectivity index (χ2v) is 7.90. The Balaban J connectivity index is 0. The smallest absolute Gasteiger partial charge is 0.0583 e. The van der Waals surface area contributed by atoms with Crippen molar-refractivity contribution in [3.8, 4) is 0 Å². The van der Waals surface area contributed by atoms with E-state index in [0.29, 0.717) is 12.2 Å². The van der Waals surface area contributed by atoms with Crippen LogP contribution in [0.1, 0.15) is 81.1 Å². The maximum Gasteiger partial charge on any atom is 0.0583 e. The molecule has 0 heterocycles. The summed E-state index contributed by atoms with van der Waals surface area (Å²) in [4.78, 5) is 0. The van der Waals surface area contributed by atoms with Crippen molar-refractivity contribution in [3.63, 3.8) is 0 Å². The molecule has 0 aromatic carbocycles. The van der Waals surface area contributed by atoms with E-state index in [2.05, 4.69) is 55.4 Å². The van der Waals surface area contributed by atoms with E-state index < -0.39 is 0 Å². The molecule has 0 aromatic heterocycles. The largest absolute Gasteiger partial charge is 0.375 e. The van der Waals surface area contributed by atoms with Crippen molar-refractivity contribution < 1.29 is 4.74 Å². The minimum atomic E-state index is 0. The third-order valence-corrected chi connectivity index (χ3v) is 3.32. The summed E-state index contributed by atoms with van der Waals surface area (Å²) >= 11 is 0. The fourth-order valence-electron chi connectivity index (χ4n) is 2.79. The van der Waals surface area contributed by atoms with Gasteiger partial charge in [0.05, 0.1) is 12.2 Å². The molecule has 0 bridgehead atoms. The standard InChI is InChI=1S/C18H38O.Ba/c1-13(2)9-17(10-14(3)4)19-18(11-15(5)6)12-16(7)8;/h13-18H,9-12H2,1-8H3;. The molecule has 0 spiro atoms. The monoisotopic (exact) mass is 408 g/mol. The van der Waals surface area contributed by atoms with Crippen LogP contribution in [0, 0.1) is 23.7 Å². The molecule has 0 aromatic rings. The summed E-state index contributed by atoms with van der Waals surface area (Å²) in [6.45, 7) is 18.4. The summed E-state index contributed by atoms with van der Waals surface area (Å²) in [7, 11) is 0. The Bertz CT molecular complexity index is 169. The molecular weight excluding hydrogens is 370 g/mol. The van der Waals surface area contributed by atoms with Gasteiger partial charge in [-0.2, -0.15) is 0 Å². The molecule has 2 heteroatoms. The van der Waals surface area contributed by atoms with Crippen LogP contribution in [0.5, 0.6) is 0 Å².